The molecule has 28 heavy (non-hydrogen) atoms. The zero-order chi connectivity index (χ0) is 19.3. The molecule has 142 valence electrons. The van der Waals surface area contributed by atoms with Crippen LogP contribution in [0.15, 0.2) is 34.7 Å². The van der Waals surface area contributed by atoms with E-state index in [1.54, 1.807) is 9.42 Å². The van der Waals surface area contributed by atoms with Gasteiger partial charge in [-0.05, 0) is 44.9 Å². The zero-order valence-electron chi connectivity index (χ0n) is 15.8. The second kappa shape index (κ2) is 6.40. The number of carbonyl (C=O) groups excluding carboxylic acids is 1. The number of oxazole rings is 1. The van der Waals surface area contributed by atoms with Gasteiger partial charge < -0.3 is 9.32 Å². The lowest BCUT2D eigenvalue weighted by molar-refractivity contribution is 0.0694. The number of rotatable bonds is 2. The van der Waals surface area contributed by atoms with E-state index >= 15 is 0 Å². The number of piperidine rings is 1. The number of likely N-dealkylation sites (tertiary alicyclic amines) is 1. The van der Waals surface area contributed by atoms with Gasteiger partial charge >= 0.3 is 0 Å². The van der Waals surface area contributed by atoms with Gasteiger partial charge in [0.1, 0.15) is 5.52 Å². The van der Waals surface area contributed by atoms with Crippen LogP contribution in [-0.4, -0.2) is 48.5 Å². The van der Waals surface area contributed by atoms with E-state index in [4.69, 9.17) is 4.42 Å². The average molecular weight is 376 g/mol. The number of aryl methyl sites for hydroxylation is 2. The highest BCUT2D eigenvalue weighted by molar-refractivity contribution is 5.91. The van der Waals surface area contributed by atoms with Gasteiger partial charge in [0.05, 0.1) is 0 Å². The summed E-state index contributed by atoms with van der Waals surface area (Å²) in [5.74, 6) is 1.48. The molecular formula is C20H20N6O2. The van der Waals surface area contributed by atoms with Crippen LogP contribution in [0.4, 0.5) is 0 Å². The summed E-state index contributed by atoms with van der Waals surface area (Å²) in [5.41, 5.74) is 3.45. The van der Waals surface area contributed by atoms with Gasteiger partial charge in [0, 0.05) is 30.4 Å². The minimum absolute atomic E-state index is 0.154. The number of para-hydroxylation sites is 2. The van der Waals surface area contributed by atoms with Crippen LogP contribution in [0.3, 0.4) is 0 Å². The highest BCUT2D eigenvalue weighted by atomic mass is 16.3. The van der Waals surface area contributed by atoms with Crippen molar-refractivity contribution >= 4 is 22.8 Å². The van der Waals surface area contributed by atoms with Gasteiger partial charge in [0.2, 0.25) is 5.82 Å². The third-order valence-electron chi connectivity index (χ3n) is 5.25. The van der Waals surface area contributed by atoms with Crippen LogP contribution in [-0.2, 0) is 0 Å². The third kappa shape index (κ3) is 2.81. The molecule has 0 atom stereocenters. The molecule has 0 N–H and O–H groups in total. The molecule has 5 rings (SSSR count). The maximum Gasteiger partial charge on any atom is 0.293 e. The minimum atomic E-state index is -0.154. The first-order valence-electron chi connectivity index (χ1n) is 9.44. The molecule has 1 aliphatic heterocycles. The van der Waals surface area contributed by atoms with Crippen LogP contribution in [0.2, 0.25) is 0 Å². The molecule has 3 aromatic heterocycles. The Morgan fingerprint density at radius 2 is 1.89 bits per heavy atom. The smallest absolute Gasteiger partial charge is 0.293 e. The largest absolute Gasteiger partial charge is 0.440 e. The molecule has 1 aliphatic rings. The lowest BCUT2D eigenvalue weighted by atomic mass is 9.97. The molecule has 8 heteroatoms. The molecule has 1 saturated heterocycles. The van der Waals surface area contributed by atoms with E-state index in [0.29, 0.717) is 18.9 Å². The highest BCUT2D eigenvalue weighted by Gasteiger charge is 2.29. The fraction of sp³-hybridized carbons (Fsp3) is 0.350. The number of fused-ring (bicyclic) bond motifs is 2. The van der Waals surface area contributed by atoms with Crippen molar-refractivity contribution in [3.05, 3.63) is 53.4 Å². The van der Waals surface area contributed by atoms with E-state index in [9.17, 15) is 4.79 Å². The predicted octanol–water partition coefficient (Wildman–Crippen LogP) is 2.90. The summed E-state index contributed by atoms with van der Waals surface area (Å²) in [7, 11) is 0. The Morgan fingerprint density at radius 1 is 1.11 bits per heavy atom. The highest BCUT2D eigenvalue weighted by Crippen LogP contribution is 2.30. The van der Waals surface area contributed by atoms with Crippen LogP contribution < -0.4 is 0 Å². The summed E-state index contributed by atoms with van der Waals surface area (Å²) in [5, 5.41) is 4.36. The molecule has 0 aliphatic carbocycles. The van der Waals surface area contributed by atoms with Crippen molar-refractivity contribution < 1.29 is 9.21 Å². The van der Waals surface area contributed by atoms with Crippen LogP contribution in [0.1, 0.15) is 46.7 Å². The first-order valence-corrected chi connectivity index (χ1v) is 9.44. The van der Waals surface area contributed by atoms with Gasteiger partial charge in [0.25, 0.3) is 11.7 Å². The van der Waals surface area contributed by atoms with E-state index in [-0.39, 0.29) is 17.6 Å². The molecular weight excluding hydrogens is 356 g/mol. The van der Waals surface area contributed by atoms with Gasteiger partial charge in [-0.15, -0.1) is 5.10 Å². The zero-order valence-corrected chi connectivity index (χ0v) is 15.8. The quantitative estimate of drug-likeness (QED) is 0.534. The van der Waals surface area contributed by atoms with Gasteiger partial charge in [-0.25, -0.2) is 14.5 Å². The molecule has 1 amide bonds. The van der Waals surface area contributed by atoms with Crippen LogP contribution in [0.5, 0.6) is 0 Å². The van der Waals surface area contributed by atoms with Gasteiger partial charge in [-0.2, -0.15) is 4.98 Å². The van der Waals surface area contributed by atoms with E-state index in [0.717, 1.165) is 41.2 Å². The maximum absolute atomic E-state index is 12.9. The first kappa shape index (κ1) is 16.9. The standard InChI is InChI=1S/C20H20N6O2/c1-12-11-13(2)26-20(21-12)23-17(24-26)19(27)25-9-7-14(8-10-25)18-22-15-5-3-4-6-16(15)28-18/h3-6,11,14H,7-10H2,1-2H3. The normalized spacial score (nSPS) is 15.6. The second-order valence-corrected chi connectivity index (χ2v) is 7.27. The van der Waals surface area contributed by atoms with Crippen molar-refractivity contribution in [2.45, 2.75) is 32.6 Å². The fourth-order valence-electron chi connectivity index (χ4n) is 3.79. The third-order valence-corrected chi connectivity index (χ3v) is 5.25. The van der Waals surface area contributed by atoms with Crippen molar-refractivity contribution in [1.82, 2.24) is 29.5 Å². The summed E-state index contributed by atoms with van der Waals surface area (Å²) >= 11 is 0. The average Bonchev–Trinajstić information content (AvgIpc) is 3.32. The number of hydrogen-bond acceptors (Lipinski definition) is 6. The molecule has 1 fully saturated rings. The summed E-state index contributed by atoms with van der Waals surface area (Å²) in [6, 6.07) is 9.70. The number of benzene rings is 1. The SMILES string of the molecule is Cc1cc(C)n2nc(C(=O)N3CCC(c4nc5ccccc5o4)CC3)nc2n1. The van der Waals surface area contributed by atoms with E-state index in [1.807, 2.05) is 44.2 Å². The Balaban J connectivity index is 1.32. The molecule has 1 aromatic carbocycles. The van der Waals surface area contributed by atoms with Crippen LogP contribution >= 0.6 is 0 Å². The number of amides is 1. The molecule has 0 saturated carbocycles. The summed E-state index contributed by atoms with van der Waals surface area (Å²) < 4.78 is 7.52. The summed E-state index contributed by atoms with van der Waals surface area (Å²) in [4.78, 5) is 28.0. The lowest BCUT2D eigenvalue weighted by Gasteiger charge is -2.29. The van der Waals surface area contributed by atoms with Crippen molar-refractivity contribution in [3.8, 4) is 0 Å². The number of aromatic nitrogens is 5. The number of carbonyl (C=O) groups is 1. The molecule has 4 aromatic rings. The minimum Gasteiger partial charge on any atom is -0.440 e. The molecule has 0 spiro atoms. The number of hydrogen-bond donors (Lipinski definition) is 0. The monoisotopic (exact) mass is 376 g/mol. The van der Waals surface area contributed by atoms with Crippen molar-refractivity contribution in [1.29, 1.82) is 0 Å². The van der Waals surface area contributed by atoms with Crippen molar-refractivity contribution in [3.63, 3.8) is 0 Å². The van der Waals surface area contributed by atoms with Crippen LogP contribution in [0.25, 0.3) is 16.9 Å². The van der Waals surface area contributed by atoms with Crippen molar-refractivity contribution in [2.24, 2.45) is 0 Å². The Kier molecular flexibility index (Phi) is 3.85. The Hall–Kier alpha value is -3.29. The molecule has 8 nitrogen and oxygen atoms in total. The van der Waals surface area contributed by atoms with Crippen LogP contribution in [0, 0.1) is 13.8 Å². The van der Waals surface area contributed by atoms with Gasteiger partial charge in [0.15, 0.2) is 11.5 Å². The second-order valence-electron chi connectivity index (χ2n) is 7.27. The molecule has 0 radical (unpaired) electrons. The van der Waals surface area contributed by atoms with Gasteiger partial charge in [-0.3, -0.25) is 4.79 Å². The van der Waals surface area contributed by atoms with Gasteiger partial charge in [-0.1, -0.05) is 12.1 Å². The van der Waals surface area contributed by atoms with E-state index in [2.05, 4.69) is 20.1 Å². The van der Waals surface area contributed by atoms with Crippen molar-refractivity contribution in [2.75, 3.05) is 13.1 Å². The lowest BCUT2D eigenvalue weighted by Crippen LogP contribution is -2.38. The first-order chi connectivity index (χ1) is 13.6. The predicted molar refractivity (Wildman–Crippen MR) is 102 cm³/mol. The molecule has 0 unspecified atom stereocenters. The Labute approximate surface area is 161 Å². The maximum atomic E-state index is 12.9. The fourth-order valence-corrected chi connectivity index (χ4v) is 3.79. The summed E-state index contributed by atoms with van der Waals surface area (Å²) in [6.45, 7) is 5.09. The number of nitrogens with zero attached hydrogens (tertiary/aromatic N) is 6. The topological polar surface area (TPSA) is 89.4 Å². The Morgan fingerprint density at radius 3 is 2.68 bits per heavy atom. The summed E-state index contributed by atoms with van der Waals surface area (Å²) in [6.07, 6.45) is 1.62. The van der Waals surface area contributed by atoms with E-state index in [1.165, 1.54) is 0 Å². The molecule has 4 heterocycles. The Bertz CT molecular complexity index is 1150. The molecule has 0 bridgehead atoms. The van der Waals surface area contributed by atoms with E-state index < -0.39 is 0 Å².